The fourth-order valence-electron chi connectivity index (χ4n) is 2.59. The molecule has 21 heavy (non-hydrogen) atoms. The molecular weight excluding hydrogens is 274 g/mol. The average Bonchev–Trinajstić information content (AvgIpc) is 3.15. The van der Waals surface area contributed by atoms with E-state index in [9.17, 15) is 19.2 Å². The number of imide groups is 1. The van der Waals surface area contributed by atoms with Gasteiger partial charge in [-0.3, -0.25) is 24.5 Å². The first-order chi connectivity index (χ1) is 9.93. The van der Waals surface area contributed by atoms with Gasteiger partial charge in [0.2, 0.25) is 23.6 Å². The highest BCUT2D eigenvalue weighted by molar-refractivity contribution is 6.04. The monoisotopic (exact) mass is 295 g/mol. The van der Waals surface area contributed by atoms with Gasteiger partial charge in [-0.25, -0.2) is 0 Å². The van der Waals surface area contributed by atoms with Crippen LogP contribution in [-0.2, 0) is 19.2 Å². The molecule has 3 unspecified atom stereocenters. The summed E-state index contributed by atoms with van der Waals surface area (Å²) < 4.78 is 0. The Morgan fingerprint density at radius 2 is 2.05 bits per heavy atom. The van der Waals surface area contributed by atoms with Crippen LogP contribution in [0.2, 0.25) is 0 Å². The Morgan fingerprint density at radius 3 is 2.62 bits per heavy atom. The molecule has 1 aliphatic heterocycles. The number of rotatable bonds is 5. The van der Waals surface area contributed by atoms with E-state index in [0.29, 0.717) is 12.3 Å². The third-order valence-corrected chi connectivity index (χ3v) is 4.05. The van der Waals surface area contributed by atoms with Crippen molar-refractivity contribution in [3.05, 3.63) is 0 Å². The molecule has 7 heteroatoms. The second-order valence-corrected chi connectivity index (χ2v) is 5.72. The summed E-state index contributed by atoms with van der Waals surface area (Å²) in [4.78, 5) is 48.1. The largest absolute Gasteiger partial charge is 0.355 e. The molecule has 0 radical (unpaired) electrons. The average molecular weight is 295 g/mol. The van der Waals surface area contributed by atoms with Gasteiger partial charge < -0.3 is 10.2 Å². The van der Waals surface area contributed by atoms with Crippen LogP contribution in [0.15, 0.2) is 0 Å². The van der Waals surface area contributed by atoms with E-state index < -0.39 is 17.9 Å². The number of nitrogens with one attached hydrogen (secondary N) is 2. The number of piperazine rings is 1. The maximum Gasteiger partial charge on any atom is 0.249 e. The Balaban J connectivity index is 1.82. The van der Waals surface area contributed by atoms with E-state index in [1.807, 2.05) is 6.92 Å². The summed E-state index contributed by atoms with van der Waals surface area (Å²) in [5, 5.41) is 4.95. The van der Waals surface area contributed by atoms with Crippen molar-refractivity contribution in [2.45, 2.75) is 39.2 Å². The summed E-state index contributed by atoms with van der Waals surface area (Å²) in [5.74, 6) is -0.699. The first kappa shape index (κ1) is 15.5. The number of carbonyl (C=O) groups excluding carboxylic acids is 4. The summed E-state index contributed by atoms with van der Waals surface area (Å²) in [5.41, 5.74) is 0. The van der Waals surface area contributed by atoms with E-state index >= 15 is 0 Å². The summed E-state index contributed by atoms with van der Waals surface area (Å²) in [6, 6.07) is -0.602. The molecule has 4 amide bonds. The first-order valence-corrected chi connectivity index (χ1v) is 7.35. The molecule has 2 aliphatic rings. The van der Waals surface area contributed by atoms with Crippen molar-refractivity contribution >= 4 is 23.6 Å². The zero-order valence-electron chi connectivity index (χ0n) is 12.3. The number of amides is 4. The molecule has 0 aromatic rings. The van der Waals surface area contributed by atoms with Gasteiger partial charge in [-0.05, 0) is 18.8 Å². The first-order valence-electron chi connectivity index (χ1n) is 7.35. The van der Waals surface area contributed by atoms with Gasteiger partial charge in [-0.1, -0.05) is 13.8 Å². The number of hydrogen-bond acceptors (Lipinski definition) is 4. The molecule has 7 nitrogen and oxygen atoms in total. The van der Waals surface area contributed by atoms with E-state index in [0.717, 1.165) is 6.42 Å². The molecule has 0 aromatic carbocycles. The fraction of sp³-hybridized carbons (Fsp3) is 0.714. The van der Waals surface area contributed by atoms with Crippen LogP contribution in [0.3, 0.4) is 0 Å². The third-order valence-electron chi connectivity index (χ3n) is 4.05. The van der Waals surface area contributed by atoms with Crippen LogP contribution in [0.5, 0.6) is 0 Å². The van der Waals surface area contributed by atoms with Crippen molar-refractivity contribution in [1.29, 1.82) is 0 Å². The number of hydrogen-bond donors (Lipinski definition) is 2. The molecule has 1 heterocycles. The van der Waals surface area contributed by atoms with Crippen LogP contribution in [0.25, 0.3) is 0 Å². The van der Waals surface area contributed by atoms with Crippen molar-refractivity contribution in [2.24, 2.45) is 11.8 Å². The Kier molecular flexibility index (Phi) is 4.59. The normalized spacial score (nSPS) is 28.1. The molecule has 1 saturated carbocycles. The second-order valence-electron chi connectivity index (χ2n) is 5.72. The van der Waals surface area contributed by atoms with Gasteiger partial charge in [0.1, 0.15) is 12.6 Å². The Morgan fingerprint density at radius 1 is 1.38 bits per heavy atom. The molecule has 2 fully saturated rings. The van der Waals surface area contributed by atoms with E-state index in [1.165, 1.54) is 4.90 Å². The van der Waals surface area contributed by atoms with Crippen LogP contribution in [0, 0.1) is 11.8 Å². The van der Waals surface area contributed by atoms with Crippen LogP contribution >= 0.6 is 0 Å². The van der Waals surface area contributed by atoms with Crippen LogP contribution in [0.1, 0.15) is 33.1 Å². The second kappa shape index (κ2) is 6.24. The Hall–Kier alpha value is -1.92. The molecule has 2 rings (SSSR count). The minimum absolute atomic E-state index is 0.0187. The molecule has 1 saturated heterocycles. The lowest BCUT2D eigenvalue weighted by Gasteiger charge is -2.33. The summed E-state index contributed by atoms with van der Waals surface area (Å²) in [7, 11) is 0. The number of nitrogens with zero attached hydrogens (tertiary/aromatic N) is 1. The summed E-state index contributed by atoms with van der Waals surface area (Å²) >= 11 is 0. The van der Waals surface area contributed by atoms with Crippen molar-refractivity contribution in [1.82, 2.24) is 15.5 Å². The quantitative estimate of drug-likeness (QED) is 0.663. The van der Waals surface area contributed by atoms with Gasteiger partial charge in [0.05, 0.1) is 0 Å². The van der Waals surface area contributed by atoms with Crippen LogP contribution in [-0.4, -0.2) is 47.7 Å². The van der Waals surface area contributed by atoms with Crippen molar-refractivity contribution in [3.8, 4) is 0 Å². The fourth-order valence-corrected chi connectivity index (χ4v) is 2.59. The van der Waals surface area contributed by atoms with Gasteiger partial charge >= 0.3 is 0 Å². The van der Waals surface area contributed by atoms with Gasteiger partial charge in [-0.15, -0.1) is 0 Å². The molecule has 0 bridgehead atoms. The topological polar surface area (TPSA) is 95.6 Å². The summed E-state index contributed by atoms with van der Waals surface area (Å²) in [6.07, 6.45) is 1.46. The zero-order chi connectivity index (χ0) is 15.6. The van der Waals surface area contributed by atoms with E-state index in [1.54, 1.807) is 6.92 Å². The third kappa shape index (κ3) is 3.59. The molecule has 1 aliphatic carbocycles. The molecule has 3 atom stereocenters. The minimum Gasteiger partial charge on any atom is -0.355 e. The predicted molar refractivity (Wildman–Crippen MR) is 73.8 cm³/mol. The maximum absolute atomic E-state index is 12.1. The van der Waals surface area contributed by atoms with Gasteiger partial charge in [0, 0.05) is 18.9 Å². The molecule has 0 spiro atoms. The lowest BCUT2D eigenvalue weighted by molar-refractivity contribution is -0.150. The summed E-state index contributed by atoms with van der Waals surface area (Å²) in [6.45, 7) is 3.94. The zero-order valence-corrected chi connectivity index (χ0v) is 12.3. The lowest BCUT2D eigenvalue weighted by atomic mass is 10.1. The maximum atomic E-state index is 12.1. The van der Waals surface area contributed by atoms with Crippen molar-refractivity contribution < 1.29 is 19.2 Å². The van der Waals surface area contributed by atoms with Crippen molar-refractivity contribution in [3.63, 3.8) is 0 Å². The SMILES string of the molecule is CCC1C(=O)NC(=O)CN1C(=O)CCNC(=O)C1CC1C. The smallest absolute Gasteiger partial charge is 0.249 e. The van der Waals surface area contributed by atoms with Crippen LogP contribution < -0.4 is 10.6 Å². The van der Waals surface area contributed by atoms with E-state index in [-0.39, 0.29) is 37.2 Å². The Bertz CT molecular complexity index is 477. The van der Waals surface area contributed by atoms with Gasteiger partial charge in [-0.2, -0.15) is 0 Å². The predicted octanol–water partition coefficient (Wildman–Crippen LogP) is -0.588. The van der Waals surface area contributed by atoms with E-state index in [4.69, 9.17) is 0 Å². The highest BCUT2D eigenvalue weighted by atomic mass is 16.2. The van der Waals surface area contributed by atoms with E-state index in [2.05, 4.69) is 10.6 Å². The lowest BCUT2D eigenvalue weighted by Crippen LogP contribution is -2.59. The van der Waals surface area contributed by atoms with Crippen molar-refractivity contribution in [2.75, 3.05) is 13.1 Å². The number of carbonyl (C=O) groups is 4. The van der Waals surface area contributed by atoms with Gasteiger partial charge in [0.15, 0.2) is 0 Å². The minimum atomic E-state index is -0.602. The highest BCUT2D eigenvalue weighted by Crippen LogP contribution is 2.37. The molecule has 116 valence electrons. The molecule has 0 aromatic heterocycles. The molecular formula is C14H21N3O4. The molecule has 2 N–H and O–H groups in total. The van der Waals surface area contributed by atoms with Gasteiger partial charge in [0.25, 0.3) is 0 Å². The van der Waals surface area contributed by atoms with Crippen LogP contribution in [0.4, 0.5) is 0 Å². The highest BCUT2D eigenvalue weighted by Gasteiger charge is 2.39. The Labute approximate surface area is 123 Å². The standard InChI is InChI=1S/C14H21N3O4/c1-3-10-14(21)16-11(18)7-17(10)12(19)4-5-15-13(20)9-6-8(9)2/h8-10H,3-7H2,1-2H3,(H,15,20)(H,16,18,21).